The van der Waals surface area contributed by atoms with E-state index >= 15 is 0 Å². The largest absolute Gasteiger partial charge is 0.515 e. The molecule has 0 radical (unpaired) electrons. The van der Waals surface area contributed by atoms with Crippen LogP contribution < -0.4 is 0 Å². The summed E-state index contributed by atoms with van der Waals surface area (Å²) in [5, 5.41) is 9.36. The summed E-state index contributed by atoms with van der Waals surface area (Å²) in [5.74, 6) is -0.599. The highest BCUT2D eigenvalue weighted by molar-refractivity contribution is 6.07. The number of aliphatic hydroxyl groups excluding tert-OH is 1. The number of nitrogens with zero attached hydrogens (tertiary/aromatic N) is 1. The van der Waals surface area contributed by atoms with E-state index in [1.807, 2.05) is 30.3 Å². The molecular weight excluding hydrogens is 338 g/mol. The molecule has 2 aromatic carbocycles. The highest BCUT2D eigenvalue weighted by atomic mass is 16.2. The standard InChI is InChI=1S/C23H25NO3/c1-23(2,3)22(27)24-20(14-19(15-25)21(24)26)13-16-9-11-18(12-10-16)17-7-5-4-6-8-17/h4-12,15,20,25H,13-14H2,1-3H3/b19-15-/t20-/m1/s1. The van der Waals surface area contributed by atoms with Gasteiger partial charge in [-0.15, -0.1) is 0 Å². The zero-order chi connectivity index (χ0) is 19.6. The molecule has 4 heteroatoms. The monoisotopic (exact) mass is 363 g/mol. The van der Waals surface area contributed by atoms with Gasteiger partial charge >= 0.3 is 0 Å². The maximum atomic E-state index is 12.8. The third kappa shape index (κ3) is 3.95. The molecule has 140 valence electrons. The van der Waals surface area contributed by atoms with E-state index in [2.05, 4.69) is 24.3 Å². The van der Waals surface area contributed by atoms with Gasteiger partial charge in [0.2, 0.25) is 5.91 Å². The predicted molar refractivity (Wildman–Crippen MR) is 106 cm³/mol. The first-order chi connectivity index (χ1) is 12.8. The van der Waals surface area contributed by atoms with E-state index in [4.69, 9.17) is 0 Å². The molecule has 1 saturated heterocycles. The second-order valence-electron chi connectivity index (χ2n) is 8.01. The highest BCUT2D eigenvalue weighted by Gasteiger charge is 2.43. The first-order valence-electron chi connectivity index (χ1n) is 9.17. The van der Waals surface area contributed by atoms with Crippen molar-refractivity contribution >= 4 is 11.8 Å². The number of likely N-dealkylation sites (tertiary alicyclic amines) is 1. The molecule has 4 nitrogen and oxygen atoms in total. The Morgan fingerprint density at radius 3 is 2.22 bits per heavy atom. The number of rotatable bonds is 3. The second kappa shape index (κ2) is 7.39. The number of carbonyl (C=O) groups excluding carboxylic acids is 2. The van der Waals surface area contributed by atoms with Gasteiger partial charge in [-0.25, -0.2) is 0 Å². The number of amides is 2. The lowest BCUT2D eigenvalue weighted by molar-refractivity contribution is -0.148. The van der Waals surface area contributed by atoms with Crippen LogP contribution in [0.4, 0.5) is 0 Å². The first-order valence-corrected chi connectivity index (χ1v) is 9.17. The number of carbonyl (C=O) groups is 2. The van der Waals surface area contributed by atoms with E-state index in [9.17, 15) is 14.7 Å². The number of hydrogen-bond donors (Lipinski definition) is 1. The minimum absolute atomic E-state index is 0.213. The molecule has 1 N–H and O–H groups in total. The van der Waals surface area contributed by atoms with E-state index in [1.165, 1.54) is 4.90 Å². The molecule has 0 aliphatic carbocycles. The fraction of sp³-hybridized carbons (Fsp3) is 0.304. The van der Waals surface area contributed by atoms with Gasteiger partial charge in [-0.05, 0) is 23.1 Å². The average Bonchev–Trinajstić information content (AvgIpc) is 2.96. The SMILES string of the molecule is CC(C)(C)C(=O)N1C(=O)/C(=C\O)C[C@H]1Cc1ccc(-c2ccccc2)cc1. The van der Waals surface area contributed by atoms with Crippen molar-refractivity contribution in [2.45, 2.75) is 39.7 Å². The van der Waals surface area contributed by atoms with Crippen LogP contribution in [0.5, 0.6) is 0 Å². The van der Waals surface area contributed by atoms with E-state index in [-0.39, 0.29) is 17.9 Å². The minimum atomic E-state index is -0.657. The average molecular weight is 363 g/mol. The summed E-state index contributed by atoms with van der Waals surface area (Å²) in [7, 11) is 0. The smallest absolute Gasteiger partial charge is 0.259 e. The molecule has 2 amide bonds. The molecule has 1 fully saturated rings. The number of imide groups is 1. The van der Waals surface area contributed by atoms with Gasteiger partial charge in [0.15, 0.2) is 0 Å². The van der Waals surface area contributed by atoms with Crippen LogP contribution in [0.3, 0.4) is 0 Å². The summed E-state index contributed by atoms with van der Waals surface area (Å²) >= 11 is 0. The molecule has 1 heterocycles. The van der Waals surface area contributed by atoms with Gasteiger partial charge in [0, 0.05) is 17.9 Å². The fourth-order valence-electron chi connectivity index (χ4n) is 3.38. The van der Waals surface area contributed by atoms with Crippen molar-refractivity contribution in [3.8, 4) is 11.1 Å². The number of benzene rings is 2. The lowest BCUT2D eigenvalue weighted by atomic mass is 9.93. The summed E-state index contributed by atoms with van der Waals surface area (Å²) in [6, 6.07) is 18.0. The van der Waals surface area contributed by atoms with Crippen LogP contribution in [0.1, 0.15) is 32.8 Å². The molecular formula is C23H25NO3. The molecule has 0 unspecified atom stereocenters. The van der Waals surface area contributed by atoms with Gasteiger partial charge in [-0.1, -0.05) is 75.4 Å². The summed E-state index contributed by atoms with van der Waals surface area (Å²) < 4.78 is 0. The third-order valence-electron chi connectivity index (χ3n) is 4.86. The van der Waals surface area contributed by atoms with Crippen LogP contribution in [0.15, 0.2) is 66.4 Å². The van der Waals surface area contributed by atoms with Crippen molar-refractivity contribution in [3.63, 3.8) is 0 Å². The van der Waals surface area contributed by atoms with Crippen LogP contribution in [-0.2, 0) is 16.0 Å². The molecule has 2 aromatic rings. The summed E-state index contributed by atoms with van der Waals surface area (Å²) in [5.41, 5.74) is 2.96. The van der Waals surface area contributed by atoms with E-state index < -0.39 is 5.41 Å². The van der Waals surface area contributed by atoms with Crippen molar-refractivity contribution in [3.05, 3.63) is 72.0 Å². The zero-order valence-electron chi connectivity index (χ0n) is 16.0. The van der Waals surface area contributed by atoms with Crippen LogP contribution in [0, 0.1) is 5.41 Å². The maximum Gasteiger partial charge on any atom is 0.259 e. The van der Waals surface area contributed by atoms with Crippen LogP contribution in [0.2, 0.25) is 0 Å². The molecule has 0 aromatic heterocycles. The summed E-state index contributed by atoms with van der Waals surface area (Å²) in [6.45, 7) is 5.40. The van der Waals surface area contributed by atoms with Crippen LogP contribution >= 0.6 is 0 Å². The van der Waals surface area contributed by atoms with E-state index in [0.717, 1.165) is 23.0 Å². The molecule has 0 bridgehead atoms. The van der Waals surface area contributed by atoms with Crippen LogP contribution in [0.25, 0.3) is 11.1 Å². The highest BCUT2D eigenvalue weighted by Crippen LogP contribution is 2.31. The van der Waals surface area contributed by atoms with Crippen molar-refractivity contribution < 1.29 is 14.7 Å². The van der Waals surface area contributed by atoms with Gasteiger partial charge < -0.3 is 5.11 Å². The van der Waals surface area contributed by atoms with Crippen molar-refractivity contribution in [1.82, 2.24) is 4.90 Å². The number of aliphatic hydroxyl groups is 1. The Kier molecular flexibility index (Phi) is 5.17. The summed E-state index contributed by atoms with van der Waals surface area (Å²) in [6.07, 6.45) is 1.78. The normalized spacial score (nSPS) is 18.9. The number of hydrogen-bond acceptors (Lipinski definition) is 3. The fourth-order valence-corrected chi connectivity index (χ4v) is 3.38. The first kappa shape index (κ1) is 18.9. The second-order valence-corrected chi connectivity index (χ2v) is 8.01. The molecule has 3 rings (SSSR count). The lowest BCUT2D eigenvalue weighted by Crippen LogP contribution is -2.45. The topological polar surface area (TPSA) is 57.6 Å². The molecule has 0 spiro atoms. The molecule has 1 atom stereocenters. The Morgan fingerprint density at radius 2 is 1.67 bits per heavy atom. The molecule has 0 saturated carbocycles. The van der Waals surface area contributed by atoms with Crippen molar-refractivity contribution in [2.75, 3.05) is 0 Å². The van der Waals surface area contributed by atoms with Crippen LogP contribution in [-0.4, -0.2) is 27.9 Å². The Hall–Kier alpha value is -2.88. The predicted octanol–water partition coefficient (Wildman–Crippen LogP) is 4.51. The lowest BCUT2D eigenvalue weighted by Gasteiger charge is -2.29. The van der Waals surface area contributed by atoms with Crippen molar-refractivity contribution in [2.24, 2.45) is 5.41 Å². The van der Waals surface area contributed by atoms with Gasteiger partial charge in [0.1, 0.15) is 0 Å². The Morgan fingerprint density at radius 1 is 1.07 bits per heavy atom. The van der Waals surface area contributed by atoms with Gasteiger partial charge in [-0.2, -0.15) is 0 Å². The zero-order valence-corrected chi connectivity index (χ0v) is 16.0. The van der Waals surface area contributed by atoms with Crippen molar-refractivity contribution in [1.29, 1.82) is 0 Å². The Labute approximate surface area is 160 Å². The molecule has 27 heavy (non-hydrogen) atoms. The maximum absolute atomic E-state index is 12.8. The quantitative estimate of drug-likeness (QED) is 0.645. The minimum Gasteiger partial charge on any atom is -0.515 e. The Balaban J connectivity index is 1.82. The molecule has 1 aliphatic rings. The van der Waals surface area contributed by atoms with Gasteiger partial charge in [-0.3, -0.25) is 14.5 Å². The van der Waals surface area contributed by atoms with E-state index in [0.29, 0.717) is 18.4 Å². The molecule has 1 aliphatic heterocycles. The third-order valence-corrected chi connectivity index (χ3v) is 4.86. The summed E-state index contributed by atoms with van der Waals surface area (Å²) in [4.78, 5) is 26.6. The Bertz CT molecular complexity index is 861. The van der Waals surface area contributed by atoms with E-state index in [1.54, 1.807) is 20.8 Å². The van der Waals surface area contributed by atoms with Gasteiger partial charge in [0.25, 0.3) is 5.91 Å². The van der Waals surface area contributed by atoms with Gasteiger partial charge in [0.05, 0.1) is 11.8 Å².